The smallest absolute Gasteiger partial charge is 0.244 e. The number of piperazine rings is 1. The molecule has 0 unspecified atom stereocenters. The first-order valence-electron chi connectivity index (χ1n) is 12.1. The van der Waals surface area contributed by atoms with Gasteiger partial charge in [-0.25, -0.2) is 0 Å². The topological polar surface area (TPSA) is 78.7 Å². The summed E-state index contributed by atoms with van der Waals surface area (Å²) in [6.07, 6.45) is 3.01. The van der Waals surface area contributed by atoms with Gasteiger partial charge in [-0.2, -0.15) is 0 Å². The molecular weight excluding hydrogens is 412 g/mol. The van der Waals surface area contributed by atoms with E-state index >= 15 is 0 Å². The molecule has 0 aromatic heterocycles. The second-order valence-electron chi connectivity index (χ2n) is 9.69. The van der Waals surface area contributed by atoms with Crippen molar-refractivity contribution >= 4 is 11.8 Å². The lowest BCUT2D eigenvalue weighted by molar-refractivity contribution is -0.146. The van der Waals surface area contributed by atoms with E-state index in [9.17, 15) is 9.59 Å². The number of rotatable bonds is 6. The molecule has 0 bridgehead atoms. The average Bonchev–Trinajstić information content (AvgIpc) is 2.84. The summed E-state index contributed by atoms with van der Waals surface area (Å²) in [7, 11) is 0. The first kappa shape index (κ1) is 23.5. The van der Waals surface area contributed by atoms with E-state index in [1.807, 2.05) is 38.1 Å². The molecule has 1 saturated heterocycles. The maximum atomic E-state index is 13.6. The van der Waals surface area contributed by atoms with Crippen molar-refractivity contribution in [2.45, 2.75) is 57.8 Å². The minimum atomic E-state index is -0.601. The maximum Gasteiger partial charge on any atom is 0.244 e. The van der Waals surface area contributed by atoms with Crippen LogP contribution in [0.3, 0.4) is 0 Å². The summed E-state index contributed by atoms with van der Waals surface area (Å²) in [5.74, 6) is -0.193. The fourth-order valence-electron chi connectivity index (χ4n) is 4.96. The zero-order valence-corrected chi connectivity index (χ0v) is 19.7. The standard InChI is InChI=1S/C27H36N4O2/c1-19(2)25(28)27(33)31-16-15-30(17-20-9-4-3-5-10-20)18-24(31)26(32)29-23-14-8-12-21-11-6-7-13-22(21)23/h3-7,9-11,13,19,23-25H,8,12,14-18,28H2,1-2H3,(H,29,32)/t23-,24+,25+/m1/s1. The van der Waals surface area contributed by atoms with Gasteiger partial charge >= 0.3 is 0 Å². The highest BCUT2D eigenvalue weighted by atomic mass is 16.2. The first-order chi connectivity index (χ1) is 15.9. The average molecular weight is 449 g/mol. The number of amides is 2. The molecule has 0 spiro atoms. The Kier molecular flexibility index (Phi) is 7.46. The van der Waals surface area contributed by atoms with Crippen LogP contribution in [0.5, 0.6) is 0 Å². The van der Waals surface area contributed by atoms with E-state index < -0.39 is 12.1 Å². The van der Waals surface area contributed by atoms with Gasteiger partial charge in [-0.15, -0.1) is 0 Å². The number of fused-ring (bicyclic) bond motifs is 1. The van der Waals surface area contributed by atoms with E-state index in [-0.39, 0.29) is 23.8 Å². The molecule has 1 aliphatic heterocycles. The minimum Gasteiger partial charge on any atom is -0.347 e. The number of nitrogens with two attached hydrogens (primary N) is 1. The quantitative estimate of drug-likeness (QED) is 0.712. The Labute approximate surface area is 197 Å². The zero-order valence-electron chi connectivity index (χ0n) is 19.7. The van der Waals surface area contributed by atoms with Crippen molar-refractivity contribution in [3.05, 3.63) is 71.3 Å². The van der Waals surface area contributed by atoms with Crippen LogP contribution in [0.25, 0.3) is 0 Å². The summed E-state index contributed by atoms with van der Waals surface area (Å²) in [4.78, 5) is 30.8. The van der Waals surface area contributed by atoms with Crippen molar-refractivity contribution in [2.24, 2.45) is 11.7 Å². The van der Waals surface area contributed by atoms with E-state index in [0.717, 1.165) is 32.4 Å². The molecule has 1 fully saturated rings. The fourth-order valence-corrected chi connectivity index (χ4v) is 4.96. The number of benzene rings is 2. The monoisotopic (exact) mass is 448 g/mol. The highest BCUT2D eigenvalue weighted by Gasteiger charge is 2.38. The molecule has 6 heteroatoms. The number of nitrogens with zero attached hydrogens (tertiary/aromatic N) is 2. The van der Waals surface area contributed by atoms with Gasteiger partial charge in [0.1, 0.15) is 6.04 Å². The van der Waals surface area contributed by atoms with Crippen molar-refractivity contribution in [1.29, 1.82) is 0 Å². The molecule has 6 nitrogen and oxygen atoms in total. The molecule has 2 aliphatic rings. The van der Waals surface area contributed by atoms with Crippen molar-refractivity contribution in [1.82, 2.24) is 15.1 Å². The maximum absolute atomic E-state index is 13.6. The molecular formula is C27H36N4O2. The van der Waals surface area contributed by atoms with Crippen LogP contribution in [0.1, 0.15) is 49.4 Å². The van der Waals surface area contributed by atoms with Crippen LogP contribution in [-0.2, 0) is 22.6 Å². The summed E-state index contributed by atoms with van der Waals surface area (Å²) in [6, 6.07) is 17.4. The summed E-state index contributed by atoms with van der Waals surface area (Å²) >= 11 is 0. The Hall–Kier alpha value is -2.70. The first-order valence-corrected chi connectivity index (χ1v) is 12.1. The normalized spacial score (nSPS) is 22.0. The predicted molar refractivity (Wildman–Crippen MR) is 130 cm³/mol. The number of nitrogens with one attached hydrogen (secondary N) is 1. The largest absolute Gasteiger partial charge is 0.347 e. The van der Waals surface area contributed by atoms with Crippen LogP contribution < -0.4 is 11.1 Å². The molecule has 1 aliphatic carbocycles. The van der Waals surface area contributed by atoms with Gasteiger partial charge in [0.2, 0.25) is 11.8 Å². The van der Waals surface area contributed by atoms with E-state index in [0.29, 0.717) is 13.1 Å². The number of hydrogen-bond acceptors (Lipinski definition) is 4. The van der Waals surface area contributed by atoms with Crippen molar-refractivity contribution in [2.75, 3.05) is 19.6 Å². The summed E-state index contributed by atoms with van der Waals surface area (Å²) < 4.78 is 0. The molecule has 0 saturated carbocycles. The van der Waals surface area contributed by atoms with Crippen LogP contribution in [0.4, 0.5) is 0 Å². The Bertz CT molecular complexity index is 962. The second-order valence-corrected chi connectivity index (χ2v) is 9.69. The molecule has 0 radical (unpaired) electrons. The number of carbonyl (C=O) groups excluding carboxylic acids is 2. The lowest BCUT2D eigenvalue weighted by Gasteiger charge is -2.42. The molecule has 2 aromatic rings. The van der Waals surface area contributed by atoms with Gasteiger partial charge < -0.3 is 16.0 Å². The summed E-state index contributed by atoms with van der Waals surface area (Å²) in [5, 5.41) is 3.28. The number of aryl methyl sites for hydroxylation is 1. The predicted octanol–water partition coefficient (Wildman–Crippen LogP) is 2.88. The SMILES string of the molecule is CC(C)[C@H](N)C(=O)N1CCN(Cc2ccccc2)C[C@H]1C(=O)N[C@@H]1CCCc2ccccc21. The van der Waals surface area contributed by atoms with E-state index in [4.69, 9.17) is 5.73 Å². The second kappa shape index (κ2) is 10.5. The van der Waals surface area contributed by atoms with Crippen molar-refractivity contribution < 1.29 is 9.59 Å². The third-order valence-corrected chi connectivity index (χ3v) is 6.99. The minimum absolute atomic E-state index is 0.0114. The number of hydrogen-bond donors (Lipinski definition) is 2. The third-order valence-electron chi connectivity index (χ3n) is 6.99. The van der Waals surface area contributed by atoms with Gasteiger partial charge in [0.15, 0.2) is 0 Å². The molecule has 3 N–H and O–H groups in total. The van der Waals surface area contributed by atoms with Gasteiger partial charge in [-0.1, -0.05) is 68.4 Å². The van der Waals surface area contributed by atoms with E-state index in [1.165, 1.54) is 16.7 Å². The lowest BCUT2D eigenvalue weighted by Crippen LogP contribution is -2.63. The molecule has 1 heterocycles. The van der Waals surface area contributed by atoms with E-state index in [2.05, 4.69) is 40.5 Å². The van der Waals surface area contributed by atoms with Crippen LogP contribution in [-0.4, -0.2) is 53.3 Å². The van der Waals surface area contributed by atoms with Gasteiger partial charge in [0.05, 0.1) is 12.1 Å². The van der Waals surface area contributed by atoms with Gasteiger partial charge in [-0.3, -0.25) is 14.5 Å². The Morgan fingerprint density at radius 2 is 1.79 bits per heavy atom. The highest BCUT2D eigenvalue weighted by Crippen LogP contribution is 2.30. The van der Waals surface area contributed by atoms with E-state index in [1.54, 1.807) is 4.90 Å². The van der Waals surface area contributed by atoms with Crippen LogP contribution in [0.15, 0.2) is 54.6 Å². The zero-order chi connectivity index (χ0) is 23.4. The van der Waals surface area contributed by atoms with Crippen molar-refractivity contribution in [3.8, 4) is 0 Å². The lowest BCUT2D eigenvalue weighted by atomic mass is 9.87. The molecule has 2 aromatic carbocycles. The summed E-state index contributed by atoms with van der Waals surface area (Å²) in [6.45, 7) is 6.39. The third kappa shape index (κ3) is 5.45. The Morgan fingerprint density at radius 3 is 2.55 bits per heavy atom. The van der Waals surface area contributed by atoms with Gasteiger partial charge in [-0.05, 0) is 41.9 Å². The molecule has 3 atom stereocenters. The van der Waals surface area contributed by atoms with Crippen LogP contribution >= 0.6 is 0 Å². The molecule has 2 amide bonds. The highest BCUT2D eigenvalue weighted by molar-refractivity contribution is 5.90. The van der Waals surface area contributed by atoms with Gasteiger partial charge in [0, 0.05) is 26.2 Å². The Balaban J connectivity index is 1.53. The van der Waals surface area contributed by atoms with Crippen LogP contribution in [0.2, 0.25) is 0 Å². The fraction of sp³-hybridized carbons (Fsp3) is 0.481. The molecule has 4 rings (SSSR count). The van der Waals surface area contributed by atoms with Crippen LogP contribution in [0, 0.1) is 5.92 Å². The Morgan fingerprint density at radius 1 is 1.06 bits per heavy atom. The molecule has 176 valence electrons. The summed E-state index contributed by atoms with van der Waals surface area (Å²) in [5.41, 5.74) is 9.93. The molecule has 33 heavy (non-hydrogen) atoms. The van der Waals surface area contributed by atoms with Gasteiger partial charge in [0.25, 0.3) is 0 Å². The van der Waals surface area contributed by atoms with Crippen molar-refractivity contribution in [3.63, 3.8) is 0 Å². The number of carbonyl (C=O) groups is 2.